The first-order valence-electron chi connectivity index (χ1n) is 5.51. The van der Waals surface area contributed by atoms with E-state index in [1.807, 2.05) is 24.3 Å². The lowest BCUT2D eigenvalue weighted by molar-refractivity contribution is 0.0908. The molecule has 0 spiro atoms. The zero-order valence-electron chi connectivity index (χ0n) is 9.82. The average molecular weight is 247 g/mol. The second-order valence-corrected chi connectivity index (χ2v) is 3.57. The number of hydrazine groups is 1. The minimum atomic E-state index is -0.693. The third-order valence-electron chi connectivity index (χ3n) is 2.33. The Labute approximate surface area is 103 Å². The van der Waals surface area contributed by atoms with Crippen molar-refractivity contribution in [2.24, 2.45) is 0 Å². The van der Waals surface area contributed by atoms with Gasteiger partial charge in [-0.15, -0.1) is 0 Å². The van der Waals surface area contributed by atoms with E-state index in [-0.39, 0.29) is 6.61 Å². The van der Waals surface area contributed by atoms with Gasteiger partial charge in [0.15, 0.2) is 0 Å². The fourth-order valence-corrected chi connectivity index (χ4v) is 1.54. The number of ether oxygens (including phenoxy) is 1. The molecule has 0 atom stereocenters. The van der Waals surface area contributed by atoms with Crippen LogP contribution < -0.4 is 10.9 Å². The number of carbonyl (C=O) groups excluding carboxylic acids is 2. The van der Waals surface area contributed by atoms with E-state index in [0.29, 0.717) is 5.69 Å². The van der Waals surface area contributed by atoms with Crippen LogP contribution in [0.4, 0.5) is 4.79 Å². The number of H-pyrrole nitrogens is 1. The van der Waals surface area contributed by atoms with Crippen molar-refractivity contribution < 1.29 is 14.3 Å². The number of benzene rings is 1. The normalized spacial score (nSPS) is 10.1. The first-order valence-corrected chi connectivity index (χ1v) is 5.51. The van der Waals surface area contributed by atoms with E-state index < -0.39 is 12.0 Å². The third kappa shape index (κ3) is 2.60. The molecule has 0 fully saturated rings. The summed E-state index contributed by atoms with van der Waals surface area (Å²) in [5, 5.41) is 0.929. The lowest BCUT2D eigenvalue weighted by Gasteiger charge is -2.05. The number of amides is 2. The van der Waals surface area contributed by atoms with Crippen LogP contribution in [-0.2, 0) is 4.74 Å². The van der Waals surface area contributed by atoms with Gasteiger partial charge in [-0.05, 0) is 19.1 Å². The van der Waals surface area contributed by atoms with Crippen molar-refractivity contribution in [1.29, 1.82) is 0 Å². The molecule has 0 saturated heterocycles. The van der Waals surface area contributed by atoms with Crippen LogP contribution in [0.2, 0.25) is 0 Å². The van der Waals surface area contributed by atoms with Crippen molar-refractivity contribution in [3.8, 4) is 0 Å². The average Bonchev–Trinajstić information content (AvgIpc) is 2.80. The predicted octanol–water partition coefficient (Wildman–Crippen LogP) is 1.56. The summed E-state index contributed by atoms with van der Waals surface area (Å²) in [7, 11) is 0. The van der Waals surface area contributed by atoms with E-state index in [1.165, 1.54) is 0 Å². The first-order chi connectivity index (χ1) is 8.70. The van der Waals surface area contributed by atoms with Gasteiger partial charge in [-0.1, -0.05) is 18.2 Å². The highest BCUT2D eigenvalue weighted by atomic mass is 16.5. The Morgan fingerprint density at radius 2 is 2.06 bits per heavy atom. The first kappa shape index (κ1) is 12.0. The second kappa shape index (κ2) is 5.22. The highest BCUT2D eigenvalue weighted by Gasteiger charge is 2.10. The van der Waals surface area contributed by atoms with Crippen molar-refractivity contribution in [2.75, 3.05) is 6.61 Å². The number of hydrogen-bond acceptors (Lipinski definition) is 3. The molecule has 94 valence electrons. The van der Waals surface area contributed by atoms with Gasteiger partial charge in [-0.3, -0.25) is 10.2 Å². The van der Waals surface area contributed by atoms with Crippen LogP contribution in [0, 0.1) is 0 Å². The van der Waals surface area contributed by atoms with Crippen molar-refractivity contribution in [3.63, 3.8) is 0 Å². The Hall–Kier alpha value is -2.50. The summed E-state index contributed by atoms with van der Waals surface area (Å²) >= 11 is 0. The fourth-order valence-electron chi connectivity index (χ4n) is 1.54. The SMILES string of the molecule is CCOC(=O)NNC(=O)c1cc2ccccc2[nH]1. The van der Waals surface area contributed by atoms with Crippen LogP contribution in [0.1, 0.15) is 17.4 Å². The standard InChI is InChI=1S/C12H13N3O3/c1-2-18-12(17)15-14-11(16)10-7-8-5-3-4-6-9(8)13-10/h3-7,13H,2H2,1H3,(H,14,16)(H,15,17). The fraction of sp³-hybridized carbons (Fsp3) is 0.167. The molecule has 0 aliphatic carbocycles. The highest BCUT2D eigenvalue weighted by Crippen LogP contribution is 2.14. The van der Waals surface area contributed by atoms with Crippen LogP contribution in [0.5, 0.6) is 0 Å². The van der Waals surface area contributed by atoms with Crippen molar-refractivity contribution >= 4 is 22.9 Å². The number of nitrogens with one attached hydrogen (secondary N) is 3. The van der Waals surface area contributed by atoms with E-state index in [0.717, 1.165) is 10.9 Å². The second-order valence-electron chi connectivity index (χ2n) is 3.57. The van der Waals surface area contributed by atoms with Crippen molar-refractivity contribution in [3.05, 3.63) is 36.0 Å². The van der Waals surface area contributed by atoms with Gasteiger partial charge in [0.1, 0.15) is 5.69 Å². The molecule has 0 aliphatic heterocycles. The summed E-state index contributed by atoms with van der Waals surface area (Å²) in [6.45, 7) is 1.92. The molecule has 2 rings (SSSR count). The molecule has 0 saturated carbocycles. The van der Waals surface area contributed by atoms with Gasteiger partial charge in [0.05, 0.1) is 6.61 Å². The Morgan fingerprint density at radius 3 is 2.78 bits per heavy atom. The Bertz CT molecular complexity index is 544. The molecular weight excluding hydrogens is 234 g/mol. The maximum atomic E-state index is 11.7. The zero-order chi connectivity index (χ0) is 13.0. The van der Waals surface area contributed by atoms with E-state index in [2.05, 4.69) is 20.6 Å². The summed E-state index contributed by atoms with van der Waals surface area (Å²) in [4.78, 5) is 25.6. The Kier molecular flexibility index (Phi) is 3.47. The van der Waals surface area contributed by atoms with Crippen molar-refractivity contribution in [2.45, 2.75) is 6.92 Å². The van der Waals surface area contributed by atoms with Crippen LogP contribution in [-0.4, -0.2) is 23.6 Å². The molecule has 1 heterocycles. The number of carbonyl (C=O) groups is 2. The minimum Gasteiger partial charge on any atom is -0.449 e. The van der Waals surface area contributed by atoms with Gasteiger partial charge in [0, 0.05) is 10.9 Å². The van der Waals surface area contributed by atoms with E-state index in [1.54, 1.807) is 13.0 Å². The molecule has 6 heteroatoms. The summed E-state index contributed by atoms with van der Waals surface area (Å²) in [6.07, 6.45) is -0.693. The van der Waals surface area contributed by atoms with Gasteiger partial charge < -0.3 is 9.72 Å². The van der Waals surface area contributed by atoms with Crippen LogP contribution >= 0.6 is 0 Å². The molecule has 1 aromatic heterocycles. The topological polar surface area (TPSA) is 83.2 Å². The molecule has 0 radical (unpaired) electrons. The molecule has 18 heavy (non-hydrogen) atoms. The highest BCUT2D eigenvalue weighted by molar-refractivity contribution is 5.98. The molecule has 0 bridgehead atoms. The quantitative estimate of drug-likeness (QED) is 0.704. The molecule has 3 N–H and O–H groups in total. The number of fused-ring (bicyclic) bond motifs is 1. The number of aromatic nitrogens is 1. The van der Waals surface area contributed by atoms with Crippen LogP contribution in [0.25, 0.3) is 10.9 Å². The van der Waals surface area contributed by atoms with Gasteiger partial charge >= 0.3 is 6.09 Å². The van der Waals surface area contributed by atoms with Gasteiger partial charge in [0.2, 0.25) is 0 Å². The molecule has 0 unspecified atom stereocenters. The van der Waals surface area contributed by atoms with E-state index in [9.17, 15) is 9.59 Å². The number of rotatable bonds is 2. The monoisotopic (exact) mass is 247 g/mol. The largest absolute Gasteiger partial charge is 0.449 e. The van der Waals surface area contributed by atoms with E-state index >= 15 is 0 Å². The maximum Gasteiger partial charge on any atom is 0.426 e. The van der Waals surface area contributed by atoms with Crippen LogP contribution in [0.15, 0.2) is 30.3 Å². The maximum absolute atomic E-state index is 11.7. The molecule has 1 aromatic carbocycles. The zero-order valence-corrected chi connectivity index (χ0v) is 9.82. The summed E-state index contributed by atoms with van der Waals surface area (Å²) in [5.74, 6) is -0.431. The summed E-state index contributed by atoms with van der Waals surface area (Å²) < 4.78 is 4.61. The summed E-state index contributed by atoms with van der Waals surface area (Å²) in [6, 6.07) is 9.22. The number of hydrogen-bond donors (Lipinski definition) is 3. The van der Waals surface area contributed by atoms with Crippen molar-refractivity contribution in [1.82, 2.24) is 15.8 Å². The smallest absolute Gasteiger partial charge is 0.426 e. The molecule has 6 nitrogen and oxygen atoms in total. The lowest BCUT2D eigenvalue weighted by Crippen LogP contribution is -2.42. The molecule has 2 aromatic rings. The lowest BCUT2D eigenvalue weighted by atomic mass is 10.2. The van der Waals surface area contributed by atoms with Gasteiger partial charge in [-0.25, -0.2) is 10.2 Å². The molecule has 2 amide bonds. The number of para-hydroxylation sites is 1. The Balaban J connectivity index is 2.02. The number of aromatic amines is 1. The Morgan fingerprint density at radius 1 is 1.28 bits per heavy atom. The summed E-state index contributed by atoms with van der Waals surface area (Å²) in [5.41, 5.74) is 5.62. The molecule has 0 aliphatic rings. The minimum absolute atomic E-state index is 0.244. The third-order valence-corrected chi connectivity index (χ3v) is 2.33. The van der Waals surface area contributed by atoms with Gasteiger partial charge in [0.25, 0.3) is 5.91 Å². The predicted molar refractivity (Wildman–Crippen MR) is 65.9 cm³/mol. The van der Waals surface area contributed by atoms with Crippen LogP contribution in [0.3, 0.4) is 0 Å². The van der Waals surface area contributed by atoms with E-state index in [4.69, 9.17) is 0 Å². The van der Waals surface area contributed by atoms with Gasteiger partial charge in [-0.2, -0.15) is 0 Å². The molecular formula is C12H13N3O3.